The molecule has 1 heterocycles. The van der Waals surface area contributed by atoms with Gasteiger partial charge in [-0.1, -0.05) is 0 Å². The first-order valence-electron chi connectivity index (χ1n) is 3.24. The Balaban J connectivity index is 3.15. The van der Waals surface area contributed by atoms with Crippen LogP contribution < -0.4 is 0 Å². The van der Waals surface area contributed by atoms with Gasteiger partial charge >= 0.3 is 12.4 Å². The van der Waals surface area contributed by atoms with Crippen molar-refractivity contribution in [2.75, 3.05) is 0 Å². The van der Waals surface area contributed by atoms with Crippen LogP contribution in [0.2, 0.25) is 0 Å². The maximum absolute atomic E-state index is 11.9. The van der Waals surface area contributed by atoms with Gasteiger partial charge in [-0.25, -0.2) is 0 Å². The average molecular weight is 214 g/mol. The van der Waals surface area contributed by atoms with Crippen LogP contribution in [0, 0.1) is 6.07 Å². The summed E-state index contributed by atoms with van der Waals surface area (Å²) in [6.07, 6.45) is -9.31. The molecule has 1 aromatic rings. The van der Waals surface area contributed by atoms with Gasteiger partial charge in [0.05, 0.1) is 5.56 Å². The number of halogens is 6. The molecule has 1 nitrogen and oxygen atoms in total. The Bertz CT molecular complexity index is 296. The second kappa shape index (κ2) is 3.14. The predicted octanol–water partition coefficient (Wildman–Crippen LogP) is 2.92. The van der Waals surface area contributed by atoms with Crippen molar-refractivity contribution < 1.29 is 26.3 Å². The van der Waals surface area contributed by atoms with E-state index in [0.717, 1.165) is 6.07 Å². The Morgan fingerprint density at radius 3 is 2.00 bits per heavy atom. The third-order valence-corrected chi connectivity index (χ3v) is 1.27. The molecule has 0 aromatic carbocycles. The lowest BCUT2D eigenvalue weighted by molar-refractivity contribution is -0.146. The number of hydrogen-bond acceptors (Lipinski definition) is 1. The van der Waals surface area contributed by atoms with Crippen molar-refractivity contribution in [2.45, 2.75) is 12.4 Å². The predicted molar refractivity (Wildman–Crippen MR) is 33.1 cm³/mol. The molecule has 0 atom stereocenters. The molecule has 1 rings (SSSR count). The van der Waals surface area contributed by atoms with Crippen LogP contribution in [0.1, 0.15) is 11.3 Å². The fourth-order valence-electron chi connectivity index (χ4n) is 0.697. The summed E-state index contributed by atoms with van der Waals surface area (Å²) in [5.41, 5.74) is -3.16. The van der Waals surface area contributed by atoms with Crippen molar-refractivity contribution in [3.05, 3.63) is 29.6 Å². The molecule has 0 bridgehead atoms. The second-order valence-electron chi connectivity index (χ2n) is 2.33. The van der Waals surface area contributed by atoms with Crippen molar-refractivity contribution >= 4 is 0 Å². The number of alkyl halides is 6. The number of nitrogens with zero attached hydrogens (tertiary/aromatic N) is 1. The number of rotatable bonds is 0. The van der Waals surface area contributed by atoms with Crippen LogP contribution in [0.4, 0.5) is 26.3 Å². The van der Waals surface area contributed by atoms with Gasteiger partial charge in [-0.2, -0.15) is 26.3 Å². The highest BCUT2D eigenvalue weighted by molar-refractivity contribution is 5.19. The third-order valence-electron chi connectivity index (χ3n) is 1.27. The molecule has 7 heteroatoms. The van der Waals surface area contributed by atoms with Gasteiger partial charge in [0.15, 0.2) is 5.69 Å². The van der Waals surface area contributed by atoms with Crippen LogP contribution >= 0.6 is 0 Å². The van der Waals surface area contributed by atoms with Crippen molar-refractivity contribution in [1.82, 2.24) is 4.98 Å². The molecule has 0 amide bonds. The van der Waals surface area contributed by atoms with Gasteiger partial charge in [-0.3, -0.25) is 4.98 Å². The highest BCUT2D eigenvalue weighted by Crippen LogP contribution is 2.33. The summed E-state index contributed by atoms with van der Waals surface area (Å²) >= 11 is 0. The zero-order valence-electron chi connectivity index (χ0n) is 6.37. The van der Waals surface area contributed by atoms with Crippen LogP contribution in [-0.2, 0) is 12.4 Å². The summed E-state index contributed by atoms with van der Waals surface area (Å²) < 4.78 is 71.5. The molecule has 0 fully saturated rings. The Labute approximate surface area is 74.4 Å². The molecule has 0 N–H and O–H groups in total. The van der Waals surface area contributed by atoms with Gasteiger partial charge in [0.25, 0.3) is 0 Å². The van der Waals surface area contributed by atoms with Gasteiger partial charge in [0.1, 0.15) is 0 Å². The molecular weight excluding hydrogens is 212 g/mol. The minimum atomic E-state index is -4.92. The Morgan fingerprint density at radius 2 is 1.57 bits per heavy atom. The smallest absolute Gasteiger partial charge is 0.251 e. The summed E-state index contributed by atoms with van der Waals surface area (Å²) in [5, 5.41) is 0. The monoisotopic (exact) mass is 214 g/mol. The van der Waals surface area contributed by atoms with E-state index in [-0.39, 0.29) is 0 Å². The lowest BCUT2D eigenvalue weighted by Gasteiger charge is -2.08. The van der Waals surface area contributed by atoms with Crippen LogP contribution in [0.3, 0.4) is 0 Å². The van der Waals surface area contributed by atoms with Gasteiger partial charge < -0.3 is 0 Å². The largest absolute Gasteiger partial charge is 0.433 e. The number of pyridine rings is 1. The van der Waals surface area contributed by atoms with Crippen LogP contribution in [0.15, 0.2) is 12.3 Å². The lowest BCUT2D eigenvalue weighted by atomic mass is 10.2. The van der Waals surface area contributed by atoms with Crippen molar-refractivity contribution in [3.8, 4) is 0 Å². The van der Waals surface area contributed by atoms with Crippen molar-refractivity contribution in [1.29, 1.82) is 0 Å². The van der Waals surface area contributed by atoms with Gasteiger partial charge in [-0.15, -0.1) is 0 Å². The van der Waals surface area contributed by atoms with Crippen molar-refractivity contribution in [2.24, 2.45) is 0 Å². The van der Waals surface area contributed by atoms with E-state index >= 15 is 0 Å². The highest BCUT2D eigenvalue weighted by atomic mass is 19.4. The standard InChI is InChI=1S/C7H2F6N/c8-6(9,10)4-1-2-14-5(3-4)7(11,12)13/h1-2H. The van der Waals surface area contributed by atoms with Gasteiger partial charge in [-0.05, 0) is 6.07 Å². The first-order valence-corrected chi connectivity index (χ1v) is 3.24. The summed E-state index contributed by atoms with van der Waals surface area (Å²) in [6.45, 7) is 0. The second-order valence-corrected chi connectivity index (χ2v) is 2.33. The molecule has 0 unspecified atom stereocenters. The van der Waals surface area contributed by atoms with Gasteiger partial charge in [0.2, 0.25) is 0 Å². The highest BCUT2D eigenvalue weighted by Gasteiger charge is 2.37. The Morgan fingerprint density at radius 1 is 1.00 bits per heavy atom. The number of aromatic nitrogens is 1. The fraction of sp³-hybridized carbons (Fsp3) is 0.286. The molecule has 14 heavy (non-hydrogen) atoms. The molecule has 0 aliphatic rings. The Hall–Kier alpha value is -1.27. The van der Waals surface area contributed by atoms with E-state index in [1.165, 1.54) is 0 Å². The molecular formula is C7H2F6N. The molecule has 77 valence electrons. The maximum atomic E-state index is 11.9. The Kier molecular flexibility index (Phi) is 2.43. The average Bonchev–Trinajstić information content (AvgIpc) is 2.01. The van der Waals surface area contributed by atoms with Gasteiger partial charge in [0, 0.05) is 12.3 Å². The molecule has 0 saturated carbocycles. The topological polar surface area (TPSA) is 12.9 Å². The first-order chi connectivity index (χ1) is 6.21. The van der Waals surface area contributed by atoms with E-state index in [2.05, 4.69) is 4.98 Å². The SMILES string of the molecule is FC(F)(F)c1[c]c(C(F)(F)F)ncc1. The molecule has 1 aromatic heterocycles. The van der Waals surface area contributed by atoms with Crippen molar-refractivity contribution in [3.63, 3.8) is 0 Å². The van der Waals surface area contributed by atoms with E-state index in [4.69, 9.17) is 0 Å². The summed E-state index contributed by atoms with van der Waals surface area (Å²) in [6, 6.07) is 1.59. The van der Waals surface area contributed by atoms with Crippen LogP contribution in [0.5, 0.6) is 0 Å². The zero-order chi connectivity index (χ0) is 11.0. The third kappa shape index (κ3) is 2.36. The molecule has 0 spiro atoms. The minimum Gasteiger partial charge on any atom is -0.251 e. The quantitative estimate of drug-likeness (QED) is 0.605. The molecule has 1 radical (unpaired) electrons. The van der Waals surface area contributed by atoms with E-state index in [9.17, 15) is 26.3 Å². The van der Waals surface area contributed by atoms with Crippen LogP contribution in [-0.4, -0.2) is 4.98 Å². The maximum Gasteiger partial charge on any atom is 0.433 e. The van der Waals surface area contributed by atoms with E-state index in [1.807, 2.05) is 0 Å². The summed E-state index contributed by atoms with van der Waals surface area (Å²) in [7, 11) is 0. The fourth-order valence-corrected chi connectivity index (χ4v) is 0.697. The van der Waals surface area contributed by atoms with Crippen LogP contribution in [0.25, 0.3) is 0 Å². The minimum absolute atomic E-state index is 0.426. The number of hydrogen-bond donors (Lipinski definition) is 0. The van der Waals surface area contributed by atoms with E-state index in [1.54, 1.807) is 0 Å². The first kappa shape index (κ1) is 10.8. The zero-order valence-corrected chi connectivity index (χ0v) is 6.37. The normalized spacial score (nSPS) is 13.0. The van der Waals surface area contributed by atoms with E-state index < -0.39 is 23.6 Å². The molecule has 0 aliphatic heterocycles. The lowest BCUT2D eigenvalue weighted by Crippen LogP contribution is -2.12. The molecule has 0 aliphatic carbocycles. The van der Waals surface area contributed by atoms with E-state index in [0.29, 0.717) is 12.3 Å². The summed E-state index contributed by atoms with van der Waals surface area (Å²) in [4.78, 5) is 2.74. The summed E-state index contributed by atoms with van der Waals surface area (Å²) in [5.74, 6) is 0. The molecule has 0 saturated heterocycles.